The lowest BCUT2D eigenvalue weighted by Crippen LogP contribution is -2.15. The molecule has 7 nitrogen and oxygen atoms in total. The van der Waals surface area contributed by atoms with E-state index in [-0.39, 0.29) is 12.5 Å². The van der Waals surface area contributed by atoms with Gasteiger partial charge in [0.15, 0.2) is 18.1 Å². The number of aromatic nitrogens is 4. The van der Waals surface area contributed by atoms with Crippen LogP contribution in [0.2, 0.25) is 0 Å². The molecule has 37 heavy (non-hydrogen) atoms. The van der Waals surface area contributed by atoms with Crippen molar-refractivity contribution < 1.29 is 9.57 Å². The molecule has 178 valence electrons. The van der Waals surface area contributed by atoms with Gasteiger partial charge in [-0.25, -0.2) is 14.5 Å². The second kappa shape index (κ2) is 8.87. The van der Waals surface area contributed by atoms with Crippen LogP contribution in [0, 0.1) is 0 Å². The zero-order valence-corrected chi connectivity index (χ0v) is 19.7. The number of hydrogen-bond acceptors (Lipinski definition) is 6. The van der Waals surface area contributed by atoms with Gasteiger partial charge in [0.25, 0.3) is 0 Å². The first-order chi connectivity index (χ1) is 18.3. The van der Waals surface area contributed by atoms with Crippen molar-refractivity contribution in [3.63, 3.8) is 0 Å². The van der Waals surface area contributed by atoms with Gasteiger partial charge in [0.2, 0.25) is 5.88 Å². The molecule has 0 radical (unpaired) electrons. The third-order valence-electron chi connectivity index (χ3n) is 6.54. The van der Waals surface area contributed by atoms with Crippen LogP contribution >= 0.6 is 0 Å². The minimum Gasteiger partial charge on any atom is -0.438 e. The maximum absolute atomic E-state index is 6.46. The lowest BCUT2D eigenvalue weighted by molar-refractivity contribution is 0.126. The van der Waals surface area contributed by atoms with E-state index in [0.717, 1.165) is 38.8 Å². The fourth-order valence-corrected chi connectivity index (χ4v) is 4.88. The molecular weight excluding hydrogens is 462 g/mol. The summed E-state index contributed by atoms with van der Waals surface area (Å²) in [6.07, 6.45) is 3.30. The van der Waals surface area contributed by atoms with Gasteiger partial charge < -0.3 is 9.57 Å². The largest absolute Gasteiger partial charge is 0.438 e. The van der Waals surface area contributed by atoms with Crippen LogP contribution in [0.5, 0.6) is 11.6 Å². The normalized spacial score (nSPS) is 14.4. The van der Waals surface area contributed by atoms with Crippen LogP contribution < -0.4 is 4.74 Å². The highest BCUT2D eigenvalue weighted by molar-refractivity contribution is 5.91. The Kier molecular flexibility index (Phi) is 5.10. The van der Waals surface area contributed by atoms with Crippen molar-refractivity contribution in [3.05, 3.63) is 131 Å². The summed E-state index contributed by atoms with van der Waals surface area (Å²) in [5.74, 6) is 1.76. The van der Waals surface area contributed by atoms with Crippen LogP contribution in [0.25, 0.3) is 16.4 Å². The SMILES string of the molecule is C(=N/OCc1nc2c3c(ncn2n1)Oc1c(ccc2ccccc12)[C@@H]3c1ccccc1)/c1ccccc1. The highest BCUT2D eigenvalue weighted by Crippen LogP contribution is 2.50. The summed E-state index contributed by atoms with van der Waals surface area (Å²) in [6.45, 7) is 0.137. The predicted octanol–water partition coefficient (Wildman–Crippen LogP) is 6.11. The van der Waals surface area contributed by atoms with Crippen LogP contribution in [0.4, 0.5) is 0 Å². The Morgan fingerprint density at radius 3 is 2.54 bits per heavy atom. The zero-order chi connectivity index (χ0) is 24.6. The molecule has 0 spiro atoms. The van der Waals surface area contributed by atoms with E-state index >= 15 is 0 Å². The second-order valence-corrected chi connectivity index (χ2v) is 8.83. The van der Waals surface area contributed by atoms with Crippen molar-refractivity contribution in [2.24, 2.45) is 5.16 Å². The van der Waals surface area contributed by atoms with Crippen LogP contribution in [-0.4, -0.2) is 25.8 Å². The number of rotatable bonds is 5. The van der Waals surface area contributed by atoms with Gasteiger partial charge in [0, 0.05) is 16.9 Å². The standard InChI is InChI=1S/C30H21N5O2/c1-3-9-20(10-4-1)17-32-36-18-25-33-29-27-26(22-12-5-2-6-13-22)24-16-15-21-11-7-8-14-23(21)28(24)37-30(27)31-19-35(29)34-25/h1-17,19,26H,18H2/b32-17-/t26-/m0/s1. The van der Waals surface area contributed by atoms with Crippen molar-refractivity contribution in [2.75, 3.05) is 0 Å². The lowest BCUT2D eigenvalue weighted by Gasteiger charge is -2.28. The van der Waals surface area contributed by atoms with Gasteiger partial charge in [0.05, 0.1) is 11.8 Å². The van der Waals surface area contributed by atoms with Crippen LogP contribution in [0.15, 0.2) is 109 Å². The van der Waals surface area contributed by atoms with Gasteiger partial charge in [-0.2, -0.15) is 0 Å². The quantitative estimate of drug-likeness (QED) is 0.218. The summed E-state index contributed by atoms with van der Waals surface area (Å²) in [5.41, 5.74) is 4.72. The molecule has 6 aromatic rings. The molecule has 3 heterocycles. The molecule has 7 heteroatoms. The van der Waals surface area contributed by atoms with Gasteiger partial charge in [-0.3, -0.25) is 0 Å². The molecule has 0 bridgehead atoms. The molecule has 0 saturated heterocycles. The zero-order valence-electron chi connectivity index (χ0n) is 19.7. The van der Waals surface area contributed by atoms with E-state index in [1.54, 1.807) is 17.1 Å². The van der Waals surface area contributed by atoms with E-state index in [9.17, 15) is 0 Å². The summed E-state index contributed by atoms with van der Waals surface area (Å²) in [7, 11) is 0. The van der Waals surface area contributed by atoms with E-state index in [2.05, 4.69) is 51.6 Å². The Bertz CT molecular complexity index is 1760. The lowest BCUT2D eigenvalue weighted by atomic mass is 9.83. The number of oxime groups is 1. The maximum Gasteiger partial charge on any atom is 0.228 e. The van der Waals surface area contributed by atoms with Gasteiger partial charge in [-0.1, -0.05) is 102 Å². The Labute approximate surface area is 212 Å². The number of ether oxygens (including phenoxy) is 1. The predicted molar refractivity (Wildman–Crippen MR) is 141 cm³/mol. The Morgan fingerprint density at radius 2 is 1.68 bits per heavy atom. The first-order valence-corrected chi connectivity index (χ1v) is 12.0. The molecule has 2 aromatic heterocycles. The summed E-state index contributed by atoms with van der Waals surface area (Å²) >= 11 is 0. The fourth-order valence-electron chi connectivity index (χ4n) is 4.88. The molecule has 0 fully saturated rings. The summed E-state index contributed by atoms with van der Waals surface area (Å²) in [4.78, 5) is 15.0. The topological polar surface area (TPSA) is 73.9 Å². The van der Waals surface area contributed by atoms with Crippen molar-refractivity contribution in [3.8, 4) is 11.6 Å². The number of nitrogens with zero attached hydrogens (tertiary/aromatic N) is 5. The van der Waals surface area contributed by atoms with E-state index < -0.39 is 0 Å². The van der Waals surface area contributed by atoms with E-state index in [0.29, 0.717) is 17.4 Å². The number of benzene rings is 4. The molecule has 0 aliphatic carbocycles. The van der Waals surface area contributed by atoms with Crippen LogP contribution in [0.3, 0.4) is 0 Å². The highest BCUT2D eigenvalue weighted by atomic mass is 16.6. The molecule has 0 N–H and O–H groups in total. The summed E-state index contributed by atoms with van der Waals surface area (Å²) < 4.78 is 8.14. The minimum absolute atomic E-state index is 0.116. The molecule has 0 unspecified atom stereocenters. The average molecular weight is 484 g/mol. The summed E-state index contributed by atoms with van der Waals surface area (Å²) in [5, 5.41) is 10.8. The van der Waals surface area contributed by atoms with E-state index in [1.165, 1.54) is 0 Å². The molecule has 4 aromatic carbocycles. The van der Waals surface area contributed by atoms with Crippen LogP contribution in [0.1, 0.15) is 34.0 Å². The van der Waals surface area contributed by atoms with E-state index in [4.69, 9.17) is 14.6 Å². The third-order valence-corrected chi connectivity index (χ3v) is 6.54. The Hall–Kier alpha value is -5.04. The second-order valence-electron chi connectivity index (χ2n) is 8.83. The van der Waals surface area contributed by atoms with Crippen molar-refractivity contribution in [1.29, 1.82) is 0 Å². The van der Waals surface area contributed by atoms with E-state index in [1.807, 2.05) is 60.7 Å². The fraction of sp³-hybridized carbons (Fsp3) is 0.0667. The smallest absolute Gasteiger partial charge is 0.228 e. The Balaban J connectivity index is 1.31. The van der Waals surface area contributed by atoms with Crippen molar-refractivity contribution in [2.45, 2.75) is 12.5 Å². The highest BCUT2D eigenvalue weighted by Gasteiger charge is 2.34. The summed E-state index contributed by atoms with van der Waals surface area (Å²) in [6, 6.07) is 32.7. The molecule has 1 atom stereocenters. The number of fused-ring (bicyclic) bond motifs is 6. The average Bonchev–Trinajstić information content (AvgIpc) is 3.38. The molecular formula is C30H21N5O2. The van der Waals surface area contributed by atoms with Crippen molar-refractivity contribution >= 4 is 22.6 Å². The number of hydrogen-bond donors (Lipinski definition) is 0. The van der Waals surface area contributed by atoms with Crippen molar-refractivity contribution in [1.82, 2.24) is 19.6 Å². The minimum atomic E-state index is -0.116. The molecule has 1 aliphatic rings. The molecule has 1 aliphatic heterocycles. The first kappa shape index (κ1) is 21.3. The van der Waals surface area contributed by atoms with Crippen LogP contribution in [-0.2, 0) is 11.4 Å². The van der Waals surface area contributed by atoms with Gasteiger partial charge in [-0.15, -0.1) is 5.10 Å². The third kappa shape index (κ3) is 3.77. The van der Waals surface area contributed by atoms with Gasteiger partial charge >= 0.3 is 0 Å². The monoisotopic (exact) mass is 483 g/mol. The molecule has 0 saturated carbocycles. The van der Waals surface area contributed by atoms with Gasteiger partial charge in [0.1, 0.15) is 12.1 Å². The maximum atomic E-state index is 6.46. The molecule has 7 rings (SSSR count). The first-order valence-electron chi connectivity index (χ1n) is 12.0. The van der Waals surface area contributed by atoms with Gasteiger partial charge in [-0.05, 0) is 16.5 Å². The molecule has 0 amide bonds. The Morgan fingerprint density at radius 1 is 0.892 bits per heavy atom.